The molecule has 1 atom stereocenters. The fraction of sp³-hybridized carbons (Fsp3) is 0.364. The third-order valence-corrected chi connectivity index (χ3v) is 2.38. The van der Waals surface area contributed by atoms with Crippen LogP contribution in [0.25, 0.3) is 0 Å². The van der Waals surface area contributed by atoms with E-state index in [1.165, 1.54) is 19.2 Å². The number of hydrogen-bond acceptors (Lipinski definition) is 5. The maximum Gasteiger partial charge on any atom is 0.306 e. The minimum atomic E-state index is -0.386. The molecule has 0 bridgehead atoms. The average molecular weight is 225 g/mol. The van der Waals surface area contributed by atoms with Crippen LogP contribution in [0, 0.1) is 0 Å². The molecule has 5 heteroatoms. The third-order valence-electron chi connectivity index (χ3n) is 2.38. The summed E-state index contributed by atoms with van der Waals surface area (Å²) in [6.07, 6.45) is 0.103. The molecule has 0 spiro atoms. The van der Waals surface area contributed by atoms with Crippen molar-refractivity contribution in [3.05, 3.63) is 23.8 Å². The second kappa shape index (κ2) is 5.37. The number of phenolic OH excluding ortho intramolecular Hbond substituents is 2. The summed E-state index contributed by atoms with van der Waals surface area (Å²) in [5.74, 6) is -0.801. The van der Waals surface area contributed by atoms with Crippen LogP contribution >= 0.6 is 0 Å². The zero-order valence-electron chi connectivity index (χ0n) is 9.01. The van der Waals surface area contributed by atoms with Gasteiger partial charge in [0.1, 0.15) is 11.5 Å². The normalized spacial score (nSPS) is 12.1. The number of aromatic hydroxyl groups is 2. The molecule has 0 aliphatic carbocycles. The van der Waals surface area contributed by atoms with E-state index < -0.39 is 0 Å². The zero-order chi connectivity index (χ0) is 12.1. The lowest BCUT2D eigenvalue weighted by molar-refractivity contribution is -0.141. The maximum atomic E-state index is 11.1. The second-order valence-corrected chi connectivity index (χ2v) is 3.46. The molecule has 0 aliphatic heterocycles. The molecule has 4 N–H and O–H groups in total. The van der Waals surface area contributed by atoms with Crippen LogP contribution in [0.15, 0.2) is 18.2 Å². The number of methoxy groups -OCH3 is 1. The first-order chi connectivity index (χ1) is 7.58. The SMILES string of the molecule is COC(=O)CC(CN)c1ccc(O)cc1O. The molecule has 0 radical (unpaired) electrons. The van der Waals surface area contributed by atoms with E-state index in [0.29, 0.717) is 5.56 Å². The first-order valence-electron chi connectivity index (χ1n) is 4.87. The van der Waals surface area contributed by atoms with Crippen molar-refractivity contribution in [2.45, 2.75) is 12.3 Å². The highest BCUT2D eigenvalue weighted by atomic mass is 16.5. The van der Waals surface area contributed by atoms with Crippen LogP contribution in [0.3, 0.4) is 0 Å². The number of carbonyl (C=O) groups is 1. The van der Waals surface area contributed by atoms with Gasteiger partial charge in [-0.2, -0.15) is 0 Å². The molecule has 1 unspecified atom stereocenters. The van der Waals surface area contributed by atoms with Crippen LogP contribution in [-0.2, 0) is 9.53 Å². The summed E-state index contributed by atoms with van der Waals surface area (Å²) in [5.41, 5.74) is 6.07. The number of carbonyl (C=O) groups excluding carboxylic acids is 1. The Hall–Kier alpha value is -1.75. The van der Waals surface area contributed by atoms with E-state index in [0.717, 1.165) is 0 Å². The molecule has 88 valence electrons. The molecule has 0 saturated carbocycles. The Morgan fingerprint density at radius 2 is 2.19 bits per heavy atom. The van der Waals surface area contributed by atoms with Gasteiger partial charge in [0.05, 0.1) is 13.5 Å². The molecular formula is C11H15NO4. The van der Waals surface area contributed by atoms with Gasteiger partial charge in [0, 0.05) is 12.0 Å². The lowest BCUT2D eigenvalue weighted by Crippen LogP contribution is -2.17. The largest absolute Gasteiger partial charge is 0.508 e. The van der Waals surface area contributed by atoms with Crippen molar-refractivity contribution in [2.24, 2.45) is 5.73 Å². The van der Waals surface area contributed by atoms with E-state index in [4.69, 9.17) is 10.8 Å². The first kappa shape index (κ1) is 12.3. The summed E-state index contributed by atoms with van der Waals surface area (Å²) in [6, 6.07) is 4.20. The van der Waals surface area contributed by atoms with Gasteiger partial charge in [-0.15, -0.1) is 0 Å². The highest BCUT2D eigenvalue weighted by Gasteiger charge is 2.18. The summed E-state index contributed by atoms with van der Waals surface area (Å²) in [7, 11) is 1.30. The smallest absolute Gasteiger partial charge is 0.306 e. The third kappa shape index (κ3) is 2.87. The number of nitrogens with two attached hydrogens (primary N) is 1. The quantitative estimate of drug-likeness (QED) is 0.656. The van der Waals surface area contributed by atoms with E-state index in [2.05, 4.69) is 4.74 Å². The monoisotopic (exact) mass is 225 g/mol. The Bertz CT molecular complexity index is 378. The summed E-state index contributed by atoms with van der Waals surface area (Å²) in [4.78, 5) is 11.1. The molecule has 16 heavy (non-hydrogen) atoms. The second-order valence-electron chi connectivity index (χ2n) is 3.46. The molecule has 0 amide bonds. The van der Waals surface area contributed by atoms with E-state index in [1.54, 1.807) is 6.07 Å². The molecule has 0 aliphatic rings. The van der Waals surface area contributed by atoms with E-state index in [9.17, 15) is 9.90 Å². The van der Waals surface area contributed by atoms with Crippen molar-refractivity contribution in [1.82, 2.24) is 0 Å². The number of rotatable bonds is 4. The molecule has 0 heterocycles. The van der Waals surface area contributed by atoms with Crippen molar-refractivity contribution in [1.29, 1.82) is 0 Å². The van der Waals surface area contributed by atoms with Crippen LogP contribution in [0.4, 0.5) is 0 Å². The molecule has 1 aromatic carbocycles. The summed E-state index contributed by atoms with van der Waals surface area (Å²) in [5, 5.41) is 18.7. The Kier molecular flexibility index (Phi) is 4.13. The first-order valence-corrected chi connectivity index (χ1v) is 4.87. The van der Waals surface area contributed by atoms with Crippen LogP contribution in [0.5, 0.6) is 11.5 Å². The lowest BCUT2D eigenvalue weighted by atomic mass is 9.95. The highest BCUT2D eigenvalue weighted by Crippen LogP contribution is 2.30. The van der Waals surface area contributed by atoms with Gasteiger partial charge in [-0.05, 0) is 18.2 Å². The molecule has 0 saturated heterocycles. The molecule has 0 fully saturated rings. The van der Waals surface area contributed by atoms with Gasteiger partial charge >= 0.3 is 5.97 Å². The van der Waals surface area contributed by atoms with Gasteiger partial charge in [0.25, 0.3) is 0 Å². The van der Waals surface area contributed by atoms with Gasteiger partial charge in [-0.1, -0.05) is 6.07 Å². The molecular weight excluding hydrogens is 210 g/mol. The summed E-state index contributed by atoms with van der Waals surface area (Å²) in [6.45, 7) is 0.216. The van der Waals surface area contributed by atoms with Crippen LogP contribution < -0.4 is 5.73 Å². The molecule has 1 aromatic rings. The predicted molar refractivity (Wildman–Crippen MR) is 58.2 cm³/mol. The fourth-order valence-electron chi connectivity index (χ4n) is 1.48. The van der Waals surface area contributed by atoms with Crippen molar-refractivity contribution in [2.75, 3.05) is 13.7 Å². The van der Waals surface area contributed by atoms with Crippen molar-refractivity contribution < 1.29 is 19.7 Å². The standard InChI is InChI=1S/C11H15NO4/c1-16-11(15)4-7(6-12)9-3-2-8(13)5-10(9)14/h2-3,5,7,13-14H,4,6,12H2,1H3. The molecule has 0 aromatic heterocycles. The van der Waals surface area contributed by atoms with E-state index in [1.807, 2.05) is 0 Å². The van der Waals surface area contributed by atoms with Gasteiger partial charge < -0.3 is 20.7 Å². The Labute approximate surface area is 93.5 Å². The van der Waals surface area contributed by atoms with Crippen LogP contribution in [0.2, 0.25) is 0 Å². The zero-order valence-corrected chi connectivity index (χ0v) is 9.01. The van der Waals surface area contributed by atoms with Gasteiger partial charge in [-0.25, -0.2) is 0 Å². The minimum absolute atomic E-state index is 0.0323. The molecule has 5 nitrogen and oxygen atoms in total. The Morgan fingerprint density at radius 3 is 2.69 bits per heavy atom. The van der Waals surface area contributed by atoms with Crippen LogP contribution in [0.1, 0.15) is 17.9 Å². The summed E-state index contributed by atoms with van der Waals surface area (Å²) >= 11 is 0. The van der Waals surface area contributed by atoms with E-state index >= 15 is 0 Å². The average Bonchev–Trinajstić information content (AvgIpc) is 2.26. The Balaban J connectivity index is 2.90. The van der Waals surface area contributed by atoms with Gasteiger partial charge in [0.2, 0.25) is 0 Å². The fourth-order valence-corrected chi connectivity index (χ4v) is 1.48. The highest BCUT2D eigenvalue weighted by molar-refractivity contribution is 5.70. The number of ether oxygens (including phenoxy) is 1. The van der Waals surface area contributed by atoms with Crippen molar-refractivity contribution in [3.8, 4) is 11.5 Å². The van der Waals surface area contributed by atoms with Crippen LogP contribution in [-0.4, -0.2) is 29.8 Å². The summed E-state index contributed by atoms with van der Waals surface area (Å²) < 4.78 is 4.54. The Morgan fingerprint density at radius 1 is 1.50 bits per heavy atom. The van der Waals surface area contributed by atoms with Gasteiger partial charge in [0.15, 0.2) is 0 Å². The number of esters is 1. The lowest BCUT2D eigenvalue weighted by Gasteiger charge is -2.15. The predicted octanol–water partition coefficient (Wildman–Crippen LogP) is 0.703. The number of hydrogen-bond donors (Lipinski definition) is 3. The number of phenols is 2. The maximum absolute atomic E-state index is 11.1. The number of benzene rings is 1. The topological polar surface area (TPSA) is 92.8 Å². The van der Waals surface area contributed by atoms with Gasteiger partial charge in [-0.3, -0.25) is 4.79 Å². The van der Waals surface area contributed by atoms with Crippen molar-refractivity contribution >= 4 is 5.97 Å². The minimum Gasteiger partial charge on any atom is -0.508 e. The molecule has 1 rings (SSSR count). The van der Waals surface area contributed by atoms with E-state index in [-0.39, 0.29) is 36.4 Å². The van der Waals surface area contributed by atoms with Crippen molar-refractivity contribution in [3.63, 3.8) is 0 Å².